The fourth-order valence-corrected chi connectivity index (χ4v) is 3.95. The maximum atomic E-state index is 10.1. The van der Waals surface area contributed by atoms with Gasteiger partial charge in [0.1, 0.15) is 28.9 Å². The Labute approximate surface area is 215 Å². The van der Waals surface area contributed by atoms with Gasteiger partial charge in [-0.15, -0.1) is 0 Å². The summed E-state index contributed by atoms with van der Waals surface area (Å²) in [5.74, 6) is 2.61. The van der Waals surface area contributed by atoms with Crippen LogP contribution in [0.5, 0.6) is 11.5 Å². The Hall–Kier alpha value is -4.31. The van der Waals surface area contributed by atoms with E-state index in [-0.39, 0.29) is 0 Å². The highest BCUT2D eigenvalue weighted by molar-refractivity contribution is 5.87. The van der Waals surface area contributed by atoms with E-state index in [2.05, 4.69) is 25.3 Å². The van der Waals surface area contributed by atoms with Gasteiger partial charge in [-0.3, -0.25) is 0 Å². The highest BCUT2D eigenvalue weighted by Gasteiger charge is 2.16. The van der Waals surface area contributed by atoms with Crippen LogP contribution in [0.4, 0.5) is 17.5 Å². The number of ether oxygens (including phenoxy) is 1. The Morgan fingerprint density at radius 2 is 1.89 bits per heavy atom. The number of aliphatic hydroxyl groups is 1. The third-order valence-electron chi connectivity index (χ3n) is 6.13. The summed E-state index contributed by atoms with van der Waals surface area (Å²) in [6.45, 7) is 6.18. The lowest BCUT2D eigenvalue weighted by Gasteiger charge is -2.23. The quantitative estimate of drug-likeness (QED) is 0.313. The van der Waals surface area contributed by atoms with Crippen molar-refractivity contribution in [2.75, 3.05) is 23.8 Å². The fraction of sp³-hybridized carbons (Fsp3) is 0.296. The Morgan fingerprint density at radius 3 is 2.68 bits per heavy atom. The van der Waals surface area contributed by atoms with Gasteiger partial charge in [-0.25, -0.2) is 24.9 Å². The molecule has 0 aliphatic carbocycles. The van der Waals surface area contributed by atoms with Gasteiger partial charge in [0.25, 0.3) is 0 Å². The van der Waals surface area contributed by atoms with Crippen LogP contribution < -0.4 is 15.0 Å². The van der Waals surface area contributed by atoms with E-state index in [1.807, 2.05) is 66.9 Å². The number of benzene rings is 2. The second kappa shape index (κ2) is 9.62. The number of aromatic nitrogens is 6. The molecule has 10 heteroatoms. The Balaban J connectivity index is 1.36. The van der Waals surface area contributed by atoms with Crippen molar-refractivity contribution < 1.29 is 9.84 Å². The molecule has 0 bridgehead atoms. The summed E-state index contributed by atoms with van der Waals surface area (Å²) in [6.07, 6.45) is 5.55. The zero-order chi connectivity index (χ0) is 26.2. The zero-order valence-electron chi connectivity index (χ0n) is 21.6. The molecule has 0 saturated carbocycles. The normalized spacial score (nSPS) is 11.7. The van der Waals surface area contributed by atoms with Crippen molar-refractivity contribution >= 4 is 39.5 Å². The molecule has 0 saturated heterocycles. The number of anilines is 3. The van der Waals surface area contributed by atoms with Crippen LogP contribution in [-0.4, -0.2) is 53.8 Å². The molecule has 0 radical (unpaired) electrons. The van der Waals surface area contributed by atoms with Gasteiger partial charge in [-0.2, -0.15) is 0 Å². The summed E-state index contributed by atoms with van der Waals surface area (Å²) < 4.78 is 8.12. The largest absolute Gasteiger partial charge is 0.457 e. The van der Waals surface area contributed by atoms with Crippen molar-refractivity contribution in [1.82, 2.24) is 29.5 Å². The van der Waals surface area contributed by atoms with Crippen molar-refractivity contribution in [2.45, 2.75) is 32.8 Å². The summed E-state index contributed by atoms with van der Waals surface area (Å²) >= 11 is 0. The SMILES string of the molecule is Cc1cc(Nc2ncnc3cnc(N(C)CCC(C)(C)O)nc23)ccc1Oc1ccc2c(c1)ncn2C. The molecule has 0 aliphatic rings. The number of imidazole rings is 1. The standard InChI is InChI=1S/C27H30N8O2/c1-17-12-18(6-9-23(17)37-19-7-8-22-20(13-19)31-16-35(22)5)32-25-24-21(29-15-30-25)14-28-26(33-24)34(4)11-10-27(2,3)36/h6-9,12-16,36H,10-11H2,1-5H3,(H,29,30,32). The first-order valence-electron chi connectivity index (χ1n) is 12.0. The highest BCUT2D eigenvalue weighted by Crippen LogP contribution is 2.31. The topological polar surface area (TPSA) is 114 Å². The van der Waals surface area contributed by atoms with Crippen molar-refractivity contribution in [2.24, 2.45) is 7.05 Å². The maximum Gasteiger partial charge on any atom is 0.225 e. The smallest absolute Gasteiger partial charge is 0.225 e. The highest BCUT2D eigenvalue weighted by atomic mass is 16.5. The van der Waals surface area contributed by atoms with Crippen molar-refractivity contribution in [3.63, 3.8) is 0 Å². The Kier molecular flexibility index (Phi) is 6.34. The first-order valence-corrected chi connectivity index (χ1v) is 12.0. The van der Waals surface area contributed by atoms with E-state index in [9.17, 15) is 5.11 Å². The average molecular weight is 499 g/mol. The number of nitrogens with one attached hydrogen (secondary N) is 1. The molecule has 3 aromatic heterocycles. The average Bonchev–Trinajstić information content (AvgIpc) is 3.23. The summed E-state index contributed by atoms with van der Waals surface area (Å²) in [7, 11) is 3.87. The molecule has 3 heterocycles. The number of aryl methyl sites for hydroxylation is 2. The minimum Gasteiger partial charge on any atom is -0.457 e. The lowest BCUT2D eigenvalue weighted by Crippen LogP contribution is -2.29. The Morgan fingerprint density at radius 1 is 1.05 bits per heavy atom. The van der Waals surface area contributed by atoms with Gasteiger partial charge in [0.05, 0.1) is 29.2 Å². The van der Waals surface area contributed by atoms with Crippen LogP contribution in [0, 0.1) is 6.92 Å². The summed E-state index contributed by atoms with van der Waals surface area (Å²) in [5, 5.41) is 13.4. The van der Waals surface area contributed by atoms with Gasteiger partial charge >= 0.3 is 0 Å². The molecule has 0 unspecified atom stereocenters. The molecule has 37 heavy (non-hydrogen) atoms. The molecule has 5 aromatic rings. The van der Waals surface area contributed by atoms with Crippen molar-refractivity contribution in [3.05, 3.63) is 60.8 Å². The predicted molar refractivity (Wildman–Crippen MR) is 145 cm³/mol. The predicted octanol–water partition coefficient (Wildman–Crippen LogP) is 4.75. The van der Waals surface area contributed by atoms with Gasteiger partial charge in [0.2, 0.25) is 5.95 Å². The monoisotopic (exact) mass is 498 g/mol. The number of fused-ring (bicyclic) bond motifs is 2. The fourth-order valence-electron chi connectivity index (χ4n) is 3.95. The minimum absolute atomic E-state index is 0.541. The van der Waals surface area contributed by atoms with Gasteiger partial charge in [0, 0.05) is 32.4 Å². The van der Waals surface area contributed by atoms with Gasteiger partial charge < -0.3 is 24.6 Å². The molecule has 0 amide bonds. The van der Waals surface area contributed by atoms with Crippen LogP contribution >= 0.6 is 0 Å². The van der Waals surface area contributed by atoms with E-state index < -0.39 is 5.60 Å². The number of hydrogen-bond donors (Lipinski definition) is 2. The van der Waals surface area contributed by atoms with Crippen molar-refractivity contribution in [1.29, 1.82) is 0 Å². The van der Waals surface area contributed by atoms with E-state index >= 15 is 0 Å². The third kappa shape index (κ3) is 5.44. The molecule has 0 atom stereocenters. The van der Waals surface area contributed by atoms with Crippen LogP contribution in [0.15, 0.2) is 55.2 Å². The summed E-state index contributed by atoms with van der Waals surface area (Å²) in [6, 6.07) is 11.7. The molecule has 5 rings (SSSR count). The lowest BCUT2D eigenvalue weighted by atomic mass is 10.1. The molecule has 0 spiro atoms. The summed E-state index contributed by atoms with van der Waals surface area (Å²) in [4.78, 5) is 24.2. The molecule has 190 valence electrons. The van der Waals surface area contributed by atoms with Crippen molar-refractivity contribution in [3.8, 4) is 11.5 Å². The number of nitrogens with zero attached hydrogens (tertiary/aromatic N) is 7. The molecule has 0 aliphatic heterocycles. The van der Waals surface area contributed by atoms with Crippen LogP contribution in [0.25, 0.3) is 22.1 Å². The lowest BCUT2D eigenvalue weighted by molar-refractivity contribution is 0.0733. The number of hydrogen-bond acceptors (Lipinski definition) is 9. The second-order valence-electron chi connectivity index (χ2n) is 9.82. The molecular weight excluding hydrogens is 468 g/mol. The van der Waals surface area contributed by atoms with E-state index in [1.165, 1.54) is 6.33 Å². The second-order valence-corrected chi connectivity index (χ2v) is 9.82. The van der Waals surface area contributed by atoms with Crippen LogP contribution in [0.2, 0.25) is 0 Å². The van der Waals surface area contributed by atoms with E-state index in [1.54, 1.807) is 26.4 Å². The molecule has 2 aromatic carbocycles. The van der Waals surface area contributed by atoms with Crippen LogP contribution in [0.3, 0.4) is 0 Å². The van der Waals surface area contributed by atoms with Crippen LogP contribution in [0.1, 0.15) is 25.8 Å². The van der Waals surface area contributed by atoms with Gasteiger partial charge in [-0.1, -0.05) is 0 Å². The summed E-state index contributed by atoms with van der Waals surface area (Å²) in [5.41, 5.74) is 4.24. The van der Waals surface area contributed by atoms with E-state index in [0.29, 0.717) is 35.8 Å². The third-order valence-corrected chi connectivity index (χ3v) is 6.13. The van der Waals surface area contributed by atoms with E-state index in [4.69, 9.17) is 9.72 Å². The first kappa shape index (κ1) is 24.4. The first-order chi connectivity index (χ1) is 17.7. The van der Waals surface area contributed by atoms with Crippen LogP contribution in [-0.2, 0) is 7.05 Å². The zero-order valence-corrected chi connectivity index (χ0v) is 21.6. The molecular formula is C27H30N8O2. The molecule has 2 N–H and O–H groups in total. The molecule has 0 fully saturated rings. The molecule has 10 nitrogen and oxygen atoms in total. The van der Waals surface area contributed by atoms with Gasteiger partial charge in [-0.05, 0) is 63.1 Å². The van der Waals surface area contributed by atoms with E-state index in [0.717, 1.165) is 33.8 Å². The Bertz CT molecular complexity index is 1570. The minimum atomic E-state index is -0.764. The number of rotatable bonds is 8. The van der Waals surface area contributed by atoms with Gasteiger partial charge in [0.15, 0.2) is 5.82 Å². The maximum absolute atomic E-state index is 10.1.